The van der Waals surface area contributed by atoms with Gasteiger partial charge in [-0.1, -0.05) is 0 Å². The van der Waals surface area contributed by atoms with Gasteiger partial charge in [0.1, 0.15) is 6.54 Å². The Bertz CT molecular complexity index is 439. The molecule has 0 radical (unpaired) electrons. The molecule has 0 aromatic rings. The lowest BCUT2D eigenvalue weighted by Gasteiger charge is -2.24. The molecule has 0 saturated carbocycles. The van der Waals surface area contributed by atoms with Gasteiger partial charge in [0.2, 0.25) is 5.91 Å². The van der Waals surface area contributed by atoms with Crippen molar-refractivity contribution in [1.82, 2.24) is 15.5 Å². The maximum Gasteiger partial charge on any atom is 0.243 e. The number of halogens is 1. The van der Waals surface area contributed by atoms with E-state index in [4.69, 9.17) is 14.2 Å². The van der Waals surface area contributed by atoms with E-state index in [1.165, 1.54) is 6.42 Å². The topological polar surface area (TPSA) is 84.4 Å². The fraction of sp³-hybridized carbons (Fsp3) is 0.889. The number of hydrogen-bond donors (Lipinski definition) is 2. The number of guanidine groups is 1. The molecule has 2 atom stereocenters. The normalized spacial score (nSPS) is 22.8. The first kappa shape index (κ1) is 24.4. The Morgan fingerprint density at radius 2 is 2.07 bits per heavy atom. The lowest BCUT2D eigenvalue weighted by Crippen LogP contribution is -2.43. The van der Waals surface area contributed by atoms with Gasteiger partial charge in [-0.05, 0) is 32.1 Å². The van der Waals surface area contributed by atoms with Crippen LogP contribution in [0.25, 0.3) is 0 Å². The molecule has 0 bridgehead atoms. The summed E-state index contributed by atoms with van der Waals surface area (Å²) < 4.78 is 16.8. The van der Waals surface area contributed by atoms with Crippen molar-refractivity contribution in [2.24, 2.45) is 4.99 Å². The molecule has 27 heavy (non-hydrogen) atoms. The van der Waals surface area contributed by atoms with Crippen LogP contribution in [-0.4, -0.2) is 89.1 Å². The first-order chi connectivity index (χ1) is 12.6. The van der Waals surface area contributed by atoms with E-state index in [1.807, 2.05) is 0 Å². The van der Waals surface area contributed by atoms with Crippen molar-refractivity contribution >= 4 is 35.8 Å². The lowest BCUT2D eigenvalue weighted by molar-refractivity contribution is -0.127. The molecule has 0 aromatic carbocycles. The van der Waals surface area contributed by atoms with Crippen molar-refractivity contribution in [3.05, 3.63) is 0 Å². The van der Waals surface area contributed by atoms with Gasteiger partial charge in [-0.15, -0.1) is 24.0 Å². The number of aliphatic imine (C=N–C) groups is 1. The summed E-state index contributed by atoms with van der Waals surface area (Å²) in [6, 6.07) is 0. The van der Waals surface area contributed by atoms with Gasteiger partial charge in [0, 0.05) is 47.0 Å². The Labute approximate surface area is 179 Å². The number of ether oxygens (including phenoxy) is 3. The summed E-state index contributed by atoms with van der Waals surface area (Å²) in [6.45, 7) is 4.59. The maximum absolute atomic E-state index is 11.8. The van der Waals surface area contributed by atoms with E-state index in [-0.39, 0.29) is 48.6 Å². The minimum Gasteiger partial charge on any atom is -0.379 e. The van der Waals surface area contributed by atoms with Gasteiger partial charge in [-0.2, -0.15) is 0 Å². The molecule has 2 aliphatic heterocycles. The summed E-state index contributed by atoms with van der Waals surface area (Å²) in [6.07, 6.45) is 5.71. The minimum atomic E-state index is -0.0235. The molecule has 9 heteroatoms. The maximum atomic E-state index is 11.8. The van der Waals surface area contributed by atoms with Crippen LogP contribution in [0.2, 0.25) is 0 Å². The lowest BCUT2D eigenvalue weighted by atomic mass is 10.1. The predicted molar refractivity (Wildman–Crippen MR) is 116 cm³/mol. The molecule has 0 aromatic heterocycles. The van der Waals surface area contributed by atoms with Crippen LogP contribution in [0.1, 0.15) is 32.1 Å². The third kappa shape index (κ3) is 10.5. The molecule has 2 saturated heterocycles. The molecule has 8 nitrogen and oxygen atoms in total. The highest BCUT2D eigenvalue weighted by Crippen LogP contribution is 2.11. The third-order valence-electron chi connectivity index (χ3n) is 4.50. The largest absolute Gasteiger partial charge is 0.379 e. The van der Waals surface area contributed by atoms with Crippen LogP contribution in [0.4, 0.5) is 0 Å². The zero-order chi connectivity index (χ0) is 18.6. The molecular formula is C18H35IN4O4. The van der Waals surface area contributed by atoms with E-state index in [2.05, 4.69) is 15.6 Å². The number of carbonyl (C=O) groups excluding carboxylic acids is 1. The molecule has 2 fully saturated rings. The molecule has 1 amide bonds. The first-order valence-electron chi connectivity index (χ1n) is 9.68. The Hall–Kier alpha value is -0.650. The minimum absolute atomic E-state index is 0. The van der Waals surface area contributed by atoms with E-state index in [0.717, 1.165) is 45.4 Å². The SMILES string of the molecule is CN(C)C(=O)CN=C(NCCCOC1CCOC1)NCC1CCCCO1.I. The van der Waals surface area contributed by atoms with Crippen LogP contribution < -0.4 is 10.6 Å². The number of nitrogens with one attached hydrogen (secondary N) is 2. The van der Waals surface area contributed by atoms with Crippen LogP contribution in [0.5, 0.6) is 0 Å². The summed E-state index contributed by atoms with van der Waals surface area (Å²) in [7, 11) is 3.47. The van der Waals surface area contributed by atoms with E-state index >= 15 is 0 Å². The monoisotopic (exact) mass is 498 g/mol. The van der Waals surface area contributed by atoms with Gasteiger partial charge in [0.15, 0.2) is 5.96 Å². The van der Waals surface area contributed by atoms with Crippen LogP contribution in [0, 0.1) is 0 Å². The van der Waals surface area contributed by atoms with Gasteiger partial charge in [-0.3, -0.25) is 4.79 Å². The van der Waals surface area contributed by atoms with Crippen LogP contribution >= 0.6 is 24.0 Å². The van der Waals surface area contributed by atoms with E-state index in [0.29, 0.717) is 25.7 Å². The van der Waals surface area contributed by atoms with Crippen LogP contribution in [0.15, 0.2) is 4.99 Å². The van der Waals surface area contributed by atoms with Gasteiger partial charge in [-0.25, -0.2) is 4.99 Å². The molecule has 2 unspecified atom stereocenters. The predicted octanol–water partition coefficient (Wildman–Crippen LogP) is 0.993. The van der Waals surface area contributed by atoms with Gasteiger partial charge >= 0.3 is 0 Å². The van der Waals surface area contributed by atoms with Crippen molar-refractivity contribution in [2.75, 3.05) is 60.2 Å². The summed E-state index contributed by atoms with van der Waals surface area (Å²) in [5.74, 6) is 0.628. The van der Waals surface area contributed by atoms with E-state index in [9.17, 15) is 4.79 Å². The number of nitrogens with zero attached hydrogens (tertiary/aromatic N) is 2. The summed E-state index contributed by atoms with van der Waals surface area (Å²) in [5.41, 5.74) is 0. The van der Waals surface area contributed by atoms with Crippen molar-refractivity contribution in [2.45, 2.75) is 44.3 Å². The zero-order valence-electron chi connectivity index (χ0n) is 16.6. The average molecular weight is 498 g/mol. The van der Waals surface area contributed by atoms with Crippen molar-refractivity contribution in [3.63, 3.8) is 0 Å². The molecule has 2 N–H and O–H groups in total. The number of likely N-dealkylation sites (N-methyl/N-ethyl adjacent to an activating group) is 1. The number of hydrogen-bond acceptors (Lipinski definition) is 5. The second-order valence-corrected chi connectivity index (χ2v) is 6.96. The number of rotatable bonds is 9. The highest BCUT2D eigenvalue weighted by molar-refractivity contribution is 14.0. The molecule has 2 heterocycles. The van der Waals surface area contributed by atoms with Crippen LogP contribution in [0.3, 0.4) is 0 Å². The fourth-order valence-electron chi connectivity index (χ4n) is 2.81. The third-order valence-corrected chi connectivity index (χ3v) is 4.50. The summed E-state index contributed by atoms with van der Waals surface area (Å²) in [5, 5.41) is 6.58. The number of carbonyl (C=O) groups is 1. The average Bonchev–Trinajstić information content (AvgIpc) is 3.17. The zero-order valence-corrected chi connectivity index (χ0v) is 18.9. The standard InChI is InChI=1S/C18H34N4O4.HI/c1-22(2)17(23)13-21-18(20-12-15-6-3-4-9-25-15)19-8-5-10-26-16-7-11-24-14-16;/h15-16H,3-14H2,1-2H3,(H2,19,20,21);1H. The second-order valence-electron chi connectivity index (χ2n) is 6.96. The van der Waals surface area contributed by atoms with Crippen molar-refractivity contribution < 1.29 is 19.0 Å². The van der Waals surface area contributed by atoms with Crippen molar-refractivity contribution in [1.29, 1.82) is 0 Å². The second kappa shape index (κ2) is 14.4. The Morgan fingerprint density at radius 3 is 2.74 bits per heavy atom. The molecule has 158 valence electrons. The van der Waals surface area contributed by atoms with E-state index in [1.54, 1.807) is 19.0 Å². The van der Waals surface area contributed by atoms with Gasteiger partial charge in [0.05, 0.1) is 18.8 Å². The quantitative estimate of drug-likeness (QED) is 0.214. The molecule has 2 aliphatic rings. The van der Waals surface area contributed by atoms with Gasteiger partial charge in [0.25, 0.3) is 0 Å². The molecule has 0 spiro atoms. The van der Waals surface area contributed by atoms with Gasteiger partial charge < -0.3 is 29.7 Å². The fourth-order valence-corrected chi connectivity index (χ4v) is 2.81. The smallest absolute Gasteiger partial charge is 0.243 e. The summed E-state index contributed by atoms with van der Waals surface area (Å²) in [4.78, 5) is 17.7. The number of amides is 1. The molecule has 0 aliphatic carbocycles. The first-order valence-corrected chi connectivity index (χ1v) is 9.68. The Balaban J connectivity index is 0.00000364. The summed E-state index contributed by atoms with van der Waals surface area (Å²) >= 11 is 0. The Morgan fingerprint density at radius 1 is 1.22 bits per heavy atom. The van der Waals surface area contributed by atoms with E-state index < -0.39 is 0 Å². The van der Waals surface area contributed by atoms with Crippen LogP contribution in [-0.2, 0) is 19.0 Å². The molecule has 2 rings (SSSR count). The highest BCUT2D eigenvalue weighted by atomic mass is 127. The molecular weight excluding hydrogens is 463 g/mol. The highest BCUT2D eigenvalue weighted by Gasteiger charge is 2.16. The Kier molecular flexibility index (Phi) is 13.0. The van der Waals surface area contributed by atoms with Crippen molar-refractivity contribution in [3.8, 4) is 0 Å².